The van der Waals surface area contributed by atoms with E-state index in [1.165, 1.54) is 25.3 Å². The summed E-state index contributed by atoms with van der Waals surface area (Å²) in [4.78, 5) is 11.2. The van der Waals surface area contributed by atoms with Crippen LogP contribution in [-0.4, -0.2) is 11.9 Å². The lowest BCUT2D eigenvalue weighted by molar-refractivity contribution is 0.0996. The van der Waals surface area contributed by atoms with Crippen molar-refractivity contribution in [3.63, 3.8) is 0 Å². The molecule has 0 bridgehead atoms. The van der Waals surface area contributed by atoms with Gasteiger partial charge in [0.1, 0.15) is 11.6 Å². The molecule has 2 unspecified atom stereocenters. The first-order valence-electron chi connectivity index (χ1n) is 7.60. The minimum Gasteiger partial charge on any atom is -0.380 e. The molecule has 3 N–H and O–H groups in total. The predicted molar refractivity (Wildman–Crippen MR) is 77.0 cm³/mol. The minimum absolute atomic E-state index is 0.173. The van der Waals surface area contributed by atoms with E-state index in [1.54, 1.807) is 0 Å². The van der Waals surface area contributed by atoms with E-state index < -0.39 is 17.5 Å². The maximum absolute atomic E-state index is 13.9. The minimum atomic E-state index is -0.912. The molecule has 2 atom stereocenters. The standard InChI is InChI=1S/C16H20F2N2O/c17-13-8-14(18)15(7-12(13)16(19)21)20-11-3-1-2-10(6-11)9-4-5-9/h7-11,20H,1-6H2,(H2,19,21). The maximum Gasteiger partial charge on any atom is 0.251 e. The second-order valence-electron chi connectivity index (χ2n) is 6.28. The number of halogens is 2. The molecule has 2 fully saturated rings. The number of primary amides is 1. The van der Waals surface area contributed by atoms with Gasteiger partial charge in [0.15, 0.2) is 0 Å². The zero-order valence-electron chi connectivity index (χ0n) is 11.9. The van der Waals surface area contributed by atoms with Crippen LogP contribution in [0.3, 0.4) is 0 Å². The Bertz CT molecular complexity index is 557. The van der Waals surface area contributed by atoms with Gasteiger partial charge in [-0.1, -0.05) is 12.8 Å². The van der Waals surface area contributed by atoms with Gasteiger partial charge in [-0.15, -0.1) is 0 Å². The Morgan fingerprint density at radius 2 is 1.86 bits per heavy atom. The summed E-state index contributed by atoms with van der Waals surface area (Å²) in [6.45, 7) is 0. The lowest BCUT2D eigenvalue weighted by atomic mass is 9.82. The number of benzene rings is 1. The topological polar surface area (TPSA) is 55.1 Å². The number of carbonyl (C=O) groups excluding carboxylic acids is 1. The van der Waals surface area contributed by atoms with E-state index in [0.29, 0.717) is 0 Å². The molecule has 0 saturated heterocycles. The second-order valence-corrected chi connectivity index (χ2v) is 6.28. The van der Waals surface area contributed by atoms with Crippen molar-refractivity contribution in [1.29, 1.82) is 0 Å². The number of anilines is 1. The maximum atomic E-state index is 13.9. The van der Waals surface area contributed by atoms with Crippen LogP contribution in [0.2, 0.25) is 0 Å². The van der Waals surface area contributed by atoms with E-state index in [1.807, 2.05) is 0 Å². The Hall–Kier alpha value is -1.65. The van der Waals surface area contributed by atoms with Gasteiger partial charge in [-0.05, 0) is 43.6 Å². The van der Waals surface area contributed by atoms with Crippen molar-refractivity contribution in [2.45, 2.75) is 44.6 Å². The van der Waals surface area contributed by atoms with Crippen molar-refractivity contribution in [2.75, 3.05) is 5.32 Å². The summed E-state index contributed by atoms with van der Waals surface area (Å²) < 4.78 is 27.3. The van der Waals surface area contributed by atoms with E-state index in [2.05, 4.69) is 5.32 Å². The first-order chi connectivity index (χ1) is 10.0. The average Bonchev–Trinajstić information content (AvgIpc) is 3.26. The Morgan fingerprint density at radius 3 is 2.52 bits per heavy atom. The molecule has 114 valence electrons. The first-order valence-corrected chi connectivity index (χ1v) is 7.60. The zero-order valence-corrected chi connectivity index (χ0v) is 11.9. The normalized spacial score (nSPS) is 25.6. The fraction of sp³-hybridized carbons (Fsp3) is 0.562. The summed E-state index contributed by atoms with van der Waals surface area (Å²) in [7, 11) is 0. The smallest absolute Gasteiger partial charge is 0.251 e. The van der Waals surface area contributed by atoms with Crippen LogP contribution in [0, 0.1) is 23.5 Å². The van der Waals surface area contributed by atoms with Crippen LogP contribution in [0.5, 0.6) is 0 Å². The lowest BCUT2D eigenvalue weighted by Gasteiger charge is -2.30. The lowest BCUT2D eigenvalue weighted by Crippen LogP contribution is -2.28. The van der Waals surface area contributed by atoms with Gasteiger partial charge in [0.05, 0.1) is 11.3 Å². The second kappa shape index (κ2) is 5.62. The van der Waals surface area contributed by atoms with Crippen molar-refractivity contribution < 1.29 is 13.6 Å². The fourth-order valence-electron chi connectivity index (χ4n) is 3.42. The fourth-order valence-corrected chi connectivity index (χ4v) is 3.42. The molecule has 0 heterocycles. The van der Waals surface area contributed by atoms with Gasteiger partial charge in [0.25, 0.3) is 5.91 Å². The molecule has 0 aromatic heterocycles. The van der Waals surface area contributed by atoms with Gasteiger partial charge < -0.3 is 11.1 Å². The largest absolute Gasteiger partial charge is 0.380 e. The van der Waals surface area contributed by atoms with Crippen LogP contribution in [0.4, 0.5) is 14.5 Å². The first kappa shape index (κ1) is 14.3. The molecular formula is C16H20F2N2O. The van der Waals surface area contributed by atoms with Gasteiger partial charge in [-0.3, -0.25) is 4.79 Å². The van der Waals surface area contributed by atoms with Crippen molar-refractivity contribution in [1.82, 2.24) is 0 Å². The predicted octanol–water partition coefficient (Wildman–Crippen LogP) is 3.44. The molecule has 2 aliphatic carbocycles. The van der Waals surface area contributed by atoms with Crippen LogP contribution < -0.4 is 11.1 Å². The molecule has 5 heteroatoms. The molecule has 1 aromatic rings. The summed E-state index contributed by atoms with van der Waals surface area (Å²) in [5.41, 5.74) is 5.01. The molecule has 0 radical (unpaired) electrons. The number of carbonyl (C=O) groups is 1. The van der Waals surface area contributed by atoms with Gasteiger partial charge in [-0.25, -0.2) is 8.78 Å². The highest BCUT2D eigenvalue weighted by molar-refractivity contribution is 5.94. The number of amides is 1. The zero-order chi connectivity index (χ0) is 15.0. The molecule has 2 saturated carbocycles. The van der Waals surface area contributed by atoms with E-state index in [9.17, 15) is 13.6 Å². The molecule has 2 aliphatic rings. The molecule has 3 nitrogen and oxygen atoms in total. The Morgan fingerprint density at radius 1 is 1.10 bits per heavy atom. The molecule has 1 amide bonds. The highest BCUT2D eigenvalue weighted by Crippen LogP contribution is 2.44. The van der Waals surface area contributed by atoms with Gasteiger partial charge >= 0.3 is 0 Å². The van der Waals surface area contributed by atoms with E-state index in [-0.39, 0.29) is 17.3 Å². The Kier molecular flexibility index (Phi) is 3.83. The van der Waals surface area contributed by atoms with Gasteiger partial charge in [-0.2, -0.15) is 0 Å². The van der Waals surface area contributed by atoms with Crippen LogP contribution in [0.1, 0.15) is 48.9 Å². The summed E-state index contributed by atoms with van der Waals surface area (Å²) >= 11 is 0. The van der Waals surface area contributed by atoms with Crippen molar-refractivity contribution in [2.24, 2.45) is 17.6 Å². The molecule has 0 spiro atoms. The summed E-state index contributed by atoms with van der Waals surface area (Å²) in [6.07, 6.45) is 7.01. The Labute approximate surface area is 122 Å². The number of nitrogens with two attached hydrogens (primary N) is 1. The molecule has 0 aliphatic heterocycles. The third-order valence-corrected chi connectivity index (χ3v) is 4.69. The van der Waals surface area contributed by atoms with Crippen LogP contribution in [0.25, 0.3) is 0 Å². The molecule has 1 aromatic carbocycles. The number of nitrogens with one attached hydrogen (secondary N) is 1. The molecule has 21 heavy (non-hydrogen) atoms. The van der Waals surface area contributed by atoms with E-state index >= 15 is 0 Å². The monoisotopic (exact) mass is 294 g/mol. The Balaban J connectivity index is 1.74. The van der Waals surface area contributed by atoms with Crippen molar-refractivity contribution in [3.05, 3.63) is 29.3 Å². The van der Waals surface area contributed by atoms with E-state index in [4.69, 9.17) is 5.73 Å². The SMILES string of the molecule is NC(=O)c1cc(NC2CCCC(C3CC3)C2)c(F)cc1F. The van der Waals surface area contributed by atoms with Crippen molar-refractivity contribution >= 4 is 11.6 Å². The number of hydrogen-bond acceptors (Lipinski definition) is 2. The molecule has 3 rings (SSSR count). The summed E-state index contributed by atoms with van der Waals surface area (Å²) in [6, 6.07) is 2.10. The van der Waals surface area contributed by atoms with Crippen LogP contribution >= 0.6 is 0 Å². The quantitative estimate of drug-likeness (QED) is 0.893. The summed E-state index contributed by atoms with van der Waals surface area (Å²) in [5.74, 6) is -0.907. The van der Waals surface area contributed by atoms with Crippen LogP contribution in [0.15, 0.2) is 12.1 Å². The summed E-state index contributed by atoms with van der Waals surface area (Å²) in [5, 5.41) is 3.13. The van der Waals surface area contributed by atoms with E-state index in [0.717, 1.165) is 37.2 Å². The van der Waals surface area contributed by atoms with Crippen molar-refractivity contribution in [3.8, 4) is 0 Å². The number of rotatable bonds is 4. The highest BCUT2D eigenvalue weighted by Gasteiger charge is 2.34. The average molecular weight is 294 g/mol. The molecular weight excluding hydrogens is 274 g/mol. The highest BCUT2D eigenvalue weighted by atomic mass is 19.1. The van der Waals surface area contributed by atoms with Gasteiger partial charge in [0, 0.05) is 12.1 Å². The third kappa shape index (κ3) is 3.17. The number of hydrogen-bond donors (Lipinski definition) is 2. The van der Waals surface area contributed by atoms with Crippen LogP contribution in [-0.2, 0) is 0 Å². The van der Waals surface area contributed by atoms with Gasteiger partial charge in [0.2, 0.25) is 0 Å². The third-order valence-electron chi connectivity index (χ3n) is 4.69.